The number of nitrogens with zero attached hydrogens (tertiary/aromatic N) is 1. The van der Waals surface area contributed by atoms with Crippen LogP contribution in [0.4, 0.5) is 13.2 Å². The molecule has 1 aromatic carbocycles. The quantitative estimate of drug-likeness (QED) is 0.746. The van der Waals surface area contributed by atoms with Crippen molar-refractivity contribution >= 4 is 16.9 Å². The number of H-pyrrole nitrogens is 1. The molecule has 0 amide bonds. The van der Waals surface area contributed by atoms with E-state index in [1.165, 1.54) is 18.2 Å². The summed E-state index contributed by atoms with van der Waals surface area (Å²) in [6.07, 6.45) is -5.07. The van der Waals surface area contributed by atoms with Gasteiger partial charge >= 0.3 is 17.8 Å². The minimum Gasteiger partial charge on any atom is -0.305 e. The molecule has 0 saturated carbocycles. The van der Waals surface area contributed by atoms with Crippen LogP contribution in [0.1, 0.15) is 4.79 Å². The SMILES string of the molecule is O=C(n1c(=O)[nH]c2ccccc21)C(F)(F)F. The van der Waals surface area contributed by atoms with Crippen LogP contribution in [-0.2, 0) is 0 Å². The van der Waals surface area contributed by atoms with Crippen molar-refractivity contribution in [1.29, 1.82) is 0 Å². The zero-order valence-electron chi connectivity index (χ0n) is 7.71. The van der Waals surface area contributed by atoms with E-state index in [-0.39, 0.29) is 15.6 Å². The number of imidazole rings is 1. The maximum atomic E-state index is 12.2. The van der Waals surface area contributed by atoms with Gasteiger partial charge in [-0.2, -0.15) is 13.2 Å². The van der Waals surface area contributed by atoms with E-state index in [1.54, 1.807) is 6.07 Å². The highest BCUT2D eigenvalue weighted by molar-refractivity contribution is 5.93. The van der Waals surface area contributed by atoms with Crippen molar-refractivity contribution in [2.45, 2.75) is 6.18 Å². The molecule has 16 heavy (non-hydrogen) atoms. The van der Waals surface area contributed by atoms with Gasteiger partial charge in [0, 0.05) is 0 Å². The third-order valence-electron chi connectivity index (χ3n) is 2.04. The molecule has 84 valence electrons. The Hall–Kier alpha value is -2.05. The summed E-state index contributed by atoms with van der Waals surface area (Å²) in [6, 6.07) is 5.66. The molecule has 0 aliphatic carbocycles. The lowest BCUT2D eigenvalue weighted by Crippen LogP contribution is -2.35. The first-order valence-electron chi connectivity index (χ1n) is 4.22. The van der Waals surface area contributed by atoms with Crippen LogP contribution in [-0.4, -0.2) is 21.6 Å². The Balaban J connectivity index is 2.74. The Morgan fingerprint density at radius 3 is 2.50 bits per heavy atom. The molecule has 7 heteroatoms. The van der Waals surface area contributed by atoms with Crippen molar-refractivity contribution in [3.8, 4) is 0 Å². The third-order valence-corrected chi connectivity index (χ3v) is 2.04. The molecule has 0 bridgehead atoms. The van der Waals surface area contributed by atoms with Gasteiger partial charge in [-0.1, -0.05) is 12.1 Å². The highest BCUT2D eigenvalue weighted by Crippen LogP contribution is 2.19. The summed E-state index contributed by atoms with van der Waals surface area (Å²) < 4.78 is 36.7. The Bertz CT molecular complexity index is 609. The minimum atomic E-state index is -5.07. The smallest absolute Gasteiger partial charge is 0.305 e. The summed E-state index contributed by atoms with van der Waals surface area (Å²) in [5, 5.41) is 0. The molecule has 0 saturated heterocycles. The normalized spacial score (nSPS) is 11.9. The Morgan fingerprint density at radius 1 is 1.25 bits per heavy atom. The van der Waals surface area contributed by atoms with Gasteiger partial charge in [-0.25, -0.2) is 9.36 Å². The number of nitrogens with one attached hydrogen (secondary N) is 1. The van der Waals surface area contributed by atoms with Crippen LogP contribution >= 0.6 is 0 Å². The fourth-order valence-corrected chi connectivity index (χ4v) is 1.38. The molecule has 0 aliphatic heterocycles. The van der Waals surface area contributed by atoms with E-state index in [9.17, 15) is 22.8 Å². The van der Waals surface area contributed by atoms with E-state index in [4.69, 9.17) is 0 Å². The maximum absolute atomic E-state index is 12.2. The first kappa shape index (κ1) is 10.5. The molecular weight excluding hydrogens is 225 g/mol. The lowest BCUT2D eigenvalue weighted by atomic mass is 10.3. The van der Waals surface area contributed by atoms with Crippen LogP contribution < -0.4 is 5.69 Å². The molecule has 4 nitrogen and oxygen atoms in total. The van der Waals surface area contributed by atoms with E-state index in [0.29, 0.717) is 0 Å². The number of fused-ring (bicyclic) bond motifs is 1. The maximum Gasteiger partial charge on any atom is 0.472 e. The number of carbonyl (C=O) groups is 1. The summed E-state index contributed by atoms with van der Waals surface area (Å²) >= 11 is 0. The number of carbonyl (C=O) groups excluding carboxylic acids is 1. The number of hydrogen-bond donors (Lipinski definition) is 1. The first-order chi connectivity index (χ1) is 7.41. The van der Waals surface area contributed by atoms with E-state index in [1.807, 2.05) is 0 Å². The van der Waals surface area contributed by atoms with Gasteiger partial charge in [0.15, 0.2) is 0 Å². The topological polar surface area (TPSA) is 54.9 Å². The van der Waals surface area contributed by atoms with Crippen molar-refractivity contribution in [1.82, 2.24) is 9.55 Å². The largest absolute Gasteiger partial charge is 0.472 e. The molecule has 2 aromatic rings. The molecule has 0 spiro atoms. The summed E-state index contributed by atoms with van der Waals surface area (Å²) in [7, 11) is 0. The zero-order chi connectivity index (χ0) is 11.9. The molecule has 1 heterocycles. The molecule has 0 radical (unpaired) electrons. The average Bonchev–Trinajstić information content (AvgIpc) is 2.51. The molecule has 0 unspecified atom stereocenters. The van der Waals surface area contributed by atoms with Crippen molar-refractivity contribution < 1.29 is 18.0 Å². The molecule has 1 N–H and O–H groups in total. The third kappa shape index (κ3) is 1.50. The predicted molar refractivity (Wildman–Crippen MR) is 49.2 cm³/mol. The van der Waals surface area contributed by atoms with E-state index in [2.05, 4.69) is 4.98 Å². The number of aromatic nitrogens is 2. The summed E-state index contributed by atoms with van der Waals surface area (Å²) in [4.78, 5) is 24.4. The average molecular weight is 230 g/mol. The second-order valence-corrected chi connectivity index (χ2v) is 3.09. The molecule has 0 aliphatic rings. The standard InChI is InChI=1S/C9H5F3N2O2/c10-9(11,12)7(15)14-6-4-2-1-3-5(6)13-8(14)16/h1-4H,(H,13,16). The second-order valence-electron chi connectivity index (χ2n) is 3.09. The monoisotopic (exact) mass is 230 g/mol. The predicted octanol–water partition coefficient (Wildman–Crippen LogP) is 1.53. The highest BCUT2D eigenvalue weighted by Gasteiger charge is 2.41. The number of benzene rings is 1. The van der Waals surface area contributed by atoms with E-state index in [0.717, 1.165) is 0 Å². The molecule has 0 atom stereocenters. The first-order valence-corrected chi connectivity index (χ1v) is 4.22. The second kappa shape index (κ2) is 3.22. The Morgan fingerprint density at radius 2 is 1.88 bits per heavy atom. The zero-order valence-corrected chi connectivity index (χ0v) is 7.71. The number of hydrogen-bond acceptors (Lipinski definition) is 2. The molecular formula is C9H5F3N2O2. The van der Waals surface area contributed by atoms with Crippen LogP contribution in [0.5, 0.6) is 0 Å². The molecule has 0 fully saturated rings. The van der Waals surface area contributed by atoms with E-state index >= 15 is 0 Å². The van der Waals surface area contributed by atoms with Crippen LogP contribution in [0.2, 0.25) is 0 Å². The Kier molecular flexibility index (Phi) is 2.11. The van der Waals surface area contributed by atoms with Crippen molar-refractivity contribution in [3.05, 3.63) is 34.7 Å². The molecule has 2 rings (SSSR count). The lowest BCUT2D eigenvalue weighted by molar-refractivity contribution is -0.0945. The highest BCUT2D eigenvalue weighted by atomic mass is 19.4. The van der Waals surface area contributed by atoms with Crippen LogP contribution in [0.3, 0.4) is 0 Å². The van der Waals surface area contributed by atoms with Gasteiger partial charge in [-0.3, -0.25) is 4.79 Å². The fourth-order valence-electron chi connectivity index (χ4n) is 1.38. The molecule has 1 aromatic heterocycles. The van der Waals surface area contributed by atoms with Crippen LogP contribution in [0.15, 0.2) is 29.1 Å². The van der Waals surface area contributed by atoms with Gasteiger partial charge in [-0.05, 0) is 12.1 Å². The van der Waals surface area contributed by atoms with Gasteiger partial charge in [0.05, 0.1) is 11.0 Å². The van der Waals surface area contributed by atoms with Crippen molar-refractivity contribution in [2.75, 3.05) is 0 Å². The van der Waals surface area contributed by atoms with Gasteiger partial charge in [0.2, 0.25) is 0 Å². The summed E-state index contributed by atoms with van der Waals surface area (Å²) in [5.74, 6) is -2.20. The van der Waals surface area contributed by atoms with Crippen LogP contribution in [0, 0.1) is 0 Å². The van der Waals surface area contributed by atoms with Crippen LogP contribution in [0.25, 0.3) is 11.0 Å². The van der Waals surface area contributed by atoms with Gasteiger partial charge in [-0.15, -0.1) is 0 Å². The van der Waals surface area contributed by atoms with Gasteiger partial charge in [0.25, 0.3) is 0 Å². The Labute approximate surface area is 86.3 Å². The summed E-state index contributed by atoms with van der Waals surface area (Å²) in [5.41, 5.74) is -0.997. The number of alkyl halides is 3. The number of aromatic amines is 1. The fraction of sp³-hybridized carbons (Fsp3) is 0.111. The summed E-state index contributed by atoms with van der Waals surface area (Å²) in [6.45, 7) is 0. The van der Waals surface area contributed by atoms with E-state index < -0.39 is 17.8 Å². The van der Waals surface area contributed by atoms with Crippen molar-refractivity contribution in [3.63, 3.8) is 0 Å². The number of para-hydroxylation sites is 2. The number of halogens is 3. The lowest BCUT2D eigenvalue weighted by Gasteiger charge is -2.04. The minimum absolute atomic E-state index is 0.0787. The van der Waals surface area contributed by atoms with Gasteiger partial charge < -0.3 is 4.98 Å². The van der Waals surface area contributed by atoms with Crippen molar-refractivity contribution in [2.24, 2.45) is 0 Å². The number of rotatable bonds is 0. The van der Waals surface area contributed by atoms with Gasteiger partial charge in [0.1, 0.15) is 0 Å².